The Bertz CT molecular complexity index is 1230. The molecule has 0 saturated carbocycles. The van der Waals surface area contributed by atoms with Crippen LogP contribution in [0.25, 0.3) is 11.2 Å². The second-order valence-corrected chi connectivity index (χ2v) is 7.03. The lowest BCUT2D eigenvalue weighted by Crippen LogP contribution is -2.33. The summed E-state index contributed by atoms with van der Waals surface area (Å²) in [5.74, 6) is 0.859. The van der Waals surface area contributed by atoms with Gasteiger partial charge in [-0.05, 0) is 24.6 Å². The van der Waals surface area contributed by atoms with Crippen LogP contribution in [-0.4, -0.2) is 35.7 Å². The van der Waals surface area contributed by atoms with Crippen molar-refractivity contribution >= 4 is 35.0 Å². The van der Waals surface area contributed by atoms with E-state index in [9.17, 15) is 4.79 Å². The Balaban J connectivity index is 1.89. The van der Waals surface area contributed by atoms with Gasteiger partial charge in [0.25, 0.3) is 5.56 Å². The van der Waals surface area contributed by atoms with Crippen molar-refractivity contribution in [2.45, 2.75) is 19.9 Å². The summed E-state index contributed by atoms with van der Waals surface area (Å²) >= 11 is 6.24. The van der Waals surface area contributed by atoms with E-state index in [0.29, 0.717) is 34.5 Å². The fourth-order valence-electron chi connectivity index (χ4n) is 3.25. The average Bonchev–Trinajstić information content (AvgIpc) is 3.08. The lowest BCUT2D eigenvalue weighted by atomic mass is 10.3. The quantitative estimate of drug-likeness (QED) is 0.478. The molecule has 0 aliphatic heterocycles. The molecule has 0 saturated heterocycles. The molecule has 10 nitrogen and oxygen atoms in total. The molecule has 0 aliphatic carbocycles. The van der Waals surface area contributed by atoms with Crippen LogP contribution in [0.2, 0.25) is 5.02 Å². The molecule has 4 aromatic rings. The van der Waals surface area contributed by atoms with E-state index in [2.05, 4.69) is 20.1 Å². The van der Waals surface area contributed by atoms with Gasteiger partial charge in [0.1, 0.15) is 5.52 Å². The van der Waals surface area contributed by atoms with Crippen molar-refractivity contribution < 1.29 is 0 Å². The lowest BCUT2D eigenvalue weighted by Gasteiger charge is -2.23. The summed E-state index contributed by atoms with van der Waals surface area (Å²) < 4.78 is 3.03. The highest BCUT2D eigenvalue weighted by atomic mass is 35.5. The highest BCUT2D eigenvalue weighted by Crippen LogP contribution is 2.19. The molecule has 4 N–H and O–H groups in total. The van der Waals surface area contributed by atoms with Crippen molar-refractivity contribution in [1.82, 2.24) is 29.1 Å². The first kappa shape index (κ1) is 19.6. The molecule has 0 amide bonds. The van der Waals surface area contributed by atoms with Crippen molar-refractivity contribution in [2.75, 3.05) is 22.9 Å². The van der Waals surface area contributed by atoms with Gasteiger partial charge in [-0.15, -0.1) is 0 Å². The predicted molar refractivity (Wildman–Crippen MR) is 116 cm³/mol. The van der Waals surface area contributed by atoms with Gasteiger partial charge in [-0.3, -0.25) is 9.36 Å². The van der Waals surface area contributed by atoms with Gasteiger partial charge in [-0.25, -0.2) is 4.52 Å². The van der Waals surface area contributed by atoms with Gasteiger partial charge >= 0.3 is 0 Å². The van der Waals surface area contributed by atoms with Crippen LogP contribution in [0.3, 0.4) is 0 Å². The minimum Gasteiger partial charge on any atom is -0.368 e. The number of nitrogens with two attached hydrogens (primary N) is 2. The van der Waals surface area contributed by atoms with Crippen molar-refractivity contribution in [3.05, 3.63) is 63.8 Å². The molecule has 0 radical (unpaired) electrons. The Kier molecular flexibility index (Phi) is 5.23. The van der Waals surface area contributed by atoms with Crippen molar-refractivity contribution in [1.29, 1.82) is 0 Å². The van der Waals surface area contributed by atoms with Crippen LogP contribution >= 0.6 is 11.6 Å². The fraction of sp³-hybridized carbons (Fsp3) is 0.211. The zero-order chi connectivity index (χ0) is 21.3. The van der Waals surface area contributed by atoms with E-state index in [1.165, 1.54) is 9.08 Å². The first-order valence-electron chi connectivity index (χ1n) is 9.34. The van der Waals surface area contributed by atoms with E-state index in [0.717, 1.165) is 6.42 Å². The standard InChI is InChI=1S/C19H20ClN9O/c1-2-9-27(19-24-17(21)23-18(22)25-19)11-14-26-28-10-8-13(20)15(28)16(30)29(14)12-6-4-3-5-7-12/h3-8,10H,2,9,11H2,1H3,(H4,21,22,23,24,25). The fourth-order valence-corrected chi connectivity index (χ4v) is 3.47. The monoisotopic (exact) mass is 425 g/mol. The van der Waals surface area contributed by atoms with Crippen molar-refractivity contribution in [2.24, 2.45) is 0 Å². The van der Waals surface area contributed by atoms with Crippen molar-refractivity contribution in [3.63, 3.8) is 0 Å². The highest BCUT2D eigenvalue weighted by molar-refractivity contribution is 6.33. The number of hydrogen-bond acceptors (Lipinski definition) is 8. The number of aromatic nitrogens is 6. The molecule has 3 heterocycles. The third kappa shape index (κ3) is 3.64. The van der Waals surface area contributed by atoms with E-state index in [-0.39, 0.29) is 24.0 Å². The molecule has 0 fully saturated rings. The van der Waals surface area contributed by atoms with E-state index in [1.54, 1.807) is 12.3 Å². The summed E-state index contributed by atoms with van der Waals surface area (Å²) in [4.78, 5) is 27.4. The van der Waals surface area contributed by atoms with E-state index < -0.39 is 0 Å². The number of benzene rings is 1. The molecule has 154 valence electrons. The Morgan fingerprint density at radius 1 is 1.07 bits per heavy atom. The first-order valence-corrected chi connectivity index (χ1v) is 9.72. The third-order valence-corrected chi connectivity index (χ3v) is 4.79. The molecule has 0 aliphatic rings. The van der Waals surface area contributed by atoms with Crippen LogP contribution < -0.4 is 21.9 Å². The highest BCUT2D eigenvalue weighted by Gasteiger charge is 2.20. The molecule has 30 heavy (non-hydrogen) atoms. The zero-order valence-corrected chi connectivity index (χ0v) is 17.0. The van der Waals surface area contributed by atoms with Gasteiger partial charge in [0.05, 0.1) is 17.3 Å². The van der Waals surface area contributed by atoms with E-state index in [4.69, 9.17) is 23.1 Å². The van der Waals surface area contributed by atoms with Crippen LogP contribution in [0.1, 0.15) is 19.2 Å². The predicted octanol–water partition coefficient (Wildman–Crippen LogP) is 1.90. The number of halogens is 1. The molecule has 4 rings (SSSR count). The summed E-state index contributed by atoms with van der Waals surface area (Å²) in [6.45, 7) is 2.86. The SMILES string of the molecule is CCCN(Cc1nn2ccc(Cl)c2c(=O)n1-c1ccccc1)c1nc(N)nc(N)n1. The molecule has 0 bridgehead atoms. The molecule has 0 atom stereocenters. The summed E-state index contributed by atoms with van der Waals surface area (Å²) in [6.07, 6.45) is 2.46. The maximum Gasteiger partial charge on any atom is 0.284 e. The normalized spacial score (nSPS) is 11.1. The second kappa shape index (κ2) is 7.99. The first-order chi connectivity index (χ1) is 14.5. The average molecular weight is 426 g/mol. The Morgan fingerprint density at radius 2 is 1.77 bits per heavy atom. The van der Waals surface area contributed by atoms with Gasteiger partial charge in [-0.1, -0.05) is 36.7 Å². The summed E-state index contributed by atoms with van der Waals surface area (Å²) in [7, 11) is 0. The third-order valence-electron chi connectivity index (χ3n) is 4.49. The topological polar surface area (TPSA) is 133 Å². The maximum atomic E-state index is 13.3. The van der Waals surface area contributed by atoms with Crippen molar-refractivity contribution in [3.8, 4) is 5.69 Å². The second-order valence-electron chi connectivity index (χ2n) is 6.62. The number of nitrogen functional groups attached to an aromatic ring is 2. The zero-order valence-electron chi connectivity index (χ0n) is 16.2. The maximum absolute atomic E-state index is 13.3. The van der Waals surface area contributed by atoms with Crippen LogP contribution in [0.4, 0.5) is 17.8 Å². The number of nitrogens with zero attached hydrogens (tertiary/aromatic N) is 7. The smallest absolute Gasteiger partial charge is 0.284 e. The van der Waals surface area contributed by atoms with Crippen LogP contribution in [0.15, 0.2) is 47.4 Å². The molecule has 0 unspecified atom stereocenters. The molecule has 11 heteroatoms. The minimum absolute atomic E-state index is 0.0275. The molecular weight excluding hydrogens is 406 g/mol. The van der Waals surface area contributed by atoms with Gasteiger partial charge in [0.2, 0.25) is 17.8 Å². The van der Waals surface area contributed by atoms with E-state index in [1.807, 2.05) is 42.2 Å². The van der Waals surface area contributed by atoms with Crippen LogP contribution in [-0.2, 0) is 6.54 Å². The summed E-state index contributed by atoms with van der Waals surface area (Å²) in [5, 5.41) is 4.99. The van der Waals surface area contributed by atoms with Gasteiger partial charge in [0.15, 0.2) is 5.82 Å². The Labute approximate surface area is 176 Å². The molecule has 3 aromatic heterocycles. The minimum atomic E-state index is -0.271. The number of fused-ring (bicyclic) bond motifs is 1. The van der Waals surface area contributed by atoms with E-state index >= 15 is 0 Å². The molecule has 0 spiro atoms. The molecular formula is C19H20ClN9O. The van der Waals surface area contributed by atoms with Crippen LogP contribution in [0.5, 0.6) is 0 Å². The summed E-state index contributed by atoms with van der Waals surface area (Å²) in [6, 6.07) is 10.9. The number of anilines is 3. The largest absolute Gasteiger partial charge is 0.368 e. The summed E-state index contributed by atoms with van der Waals surface area (Å²) in [5.41, 5.74) is 12.2. The van der Waals surface area contributed by atoms with Crippen LogP contribution in [0, 0.1) is 0 Å². The molecule has 1 aromatic carbocycles. The van der Waals surface area contributed by atoms with Gasteiger partial charge in [0, 0.05) is 12.7 Å². The van der Waals surface area contributed by atoms with Gasteiger partial charge < -0.3 is 16.4 Å². The number of para-hydroxylation sites is 1. The number of hydrogen-bond donors (Lipinski definition) is 2. The Hall–Kier alpha value is -3.66. The van der Waals surface area contributed by atoms with Gasteiger partial charge in [-0.2, -0.15) is 20.1 Å². The Morgan fingerprint density at radius 3 is 2.43 bits per heavy atom. The number of rotatable bonds is 6. The lowest BCUT2D eigenvalue weighted by molar-refractivity contribution is 0.659.